The minimum absolute atomic E-state index is 0.198. The van der Waals surface area contributed by atoms with Gasteiger partial charge in [0.25, 0.3) is 11.8 Å². The van der Waals surface area contributed by atoms with E-state index in [2.05, 4.69) is 5.32 Å². The summed E-state index contributed by atoms with van der Waals surface area (Å²) < 4.78 is 10.7. The van der Waals surface area contributed by atoms with Gasteiger partial charge in [-0.15, -0.1) is 0 Å². The first-order chi connectivity index (χ1) is 16.3. The molecule has 174 valence electrons. The Hall–Kier alpha value is -4.06. The third-order valence-electron chi connectivity index (χ3n) is 6.08. The van der Waals surface area contributed by atoms with Crippen LogP contribution in [0.5, 0.6) is 11.5 Å². The maximum atomic E-state index is 13.6. The number of carbonyl (C=O) groups excluding carboxylic acids is 2. The lowest BCUT2D eigenvalue weighted by Crippen LogP contribution is -2.32. The number of amides is 2. The molecule has 0 fully saturated rings. The molecule has 4 rings (SSSR count). The first-order valence-electron chi connectivity index (χ1n) is 11.0. The zero-order chi connectivity index (χ0) is 24.4. The first-order valence-corrected chi connectivity index (χ1v) is 11.0. The Balaban J connectivity index is 1.76. The summed E-state index contributed by atoms with van der Waals surface area (Å²) in [6.07, 6.45) is 0. The predicted molar refractivity (Wildman–Crippen MR) is 133 cm³/mol. The Labute approximate surface area is 199 Å². The number of hydrogen-bond acceptors (Lipinski definition) is 5. The Morgan fingerprint density at radius 2 is 1.47 bits per heavy atom. The molecule has 3 aromatic carbocycles. The highest BCUT2D eigenvalue weighted by Gasteiger charge is 2.39. The molecular weight excluding hydrogens is 428 g/mol. The monoisotopic (exact) mass is 456 g/mol. The minimum Gasteiger partial charge on any atom is -0.493 e. The van der Waals surface area contributed by atoms with E-state index in [-0.39, 0.29) is 24.1 Å². The van der Waals surface area contributed by atoms with Crippen molar-refractivity contribution in [1.29, 1.82) is 0 Å². The molecule has 1 aliphatic heterocycles. The molecule has 0 aromatic heterocycles. The lowest BCUT2D eigenvalue weighted by atomic mass is 9.99. The van der Waals surface area contributed by atoms with Crippen LogP contribution < -0.4 is 14.8 Å². The van der Waals surface area contributed by atoms with Crippen LogP contribution in [0.25, 0.3) is 5.57 Å². The molecule has 0 unspecified atom stereocenters. The molecule has 1 heterocycles. The van der Waals surface area contributed by atoms with E-state index in [0.29, 0.717) is 28.3 Å². The molecule has 2 amide bonds. The van der Waals surface area contributed by atoms with Crippen molar-refractivity contribution in [2.75, 3.05) is 19.5 Å². The lowest BCUT2D eigenvalue weighted by molar-refractivity contribution is -0.137. The highest BCUT2D eigenvalue weighted by molar-refractivity contribution is 6.36. The van der Waals surface area contributed by atoms with Crippen molar-refractivity contribution in [3.05, 3.63) is 94.2 Å². The normalized spacial score (nSPS) is 13.5. The smallest absolute Gasteiger partial charge is 0.278 e. The fraction of sp³-hybridized carbons (Fsp3) is 0.214. The number of imide groups is 1. The summed E-state index contributed by atoms with van der Waals surface area (Å²) in [6, 6.07) is 18.9. The minimum atomic E-state index is -0.367. The summed E-state index contributed by atoms with van der Waals surface area (Å²) in [4.78, 5) is 28.4. The third-order valence-corrected chi connectivity index (χ3v) is 6.08. The van der Waals surface area contributed by atoms with Crippen LogP contribution in [-0.2, 0) is 16.1 Å². The van der Waals surface area contributed by atoms with Gasteiger partial charge in [-0.1, -0.05) is 48.0 Å². The van der Waals surface area contributed by atoms with E-state index in [9.17, 15) is 9.59 Å². The summed E-state index contributed by atoms with van der Waals surface area (Å²) in [6.45, 7) is 6.21. The summed E-state index contributed by atoms with van der Waals surface area (Å²) in [5.41, 5.74) is 6.09. The van der Waals surface area contributed by atoms with Crippen LogP contribution in [0.15, 0.2) is 66.4 Å². The number of aryl methyl sites for hydroxylation is 3. The Kier molecular flexibility index (Phi) is 6.41. The summed E-state index contributed by atoms with van der Waals surface area (Å²) in [7, 11) is 3.11. The van der Waals surface area contributed by atoms with E-state index in [4.69, 9.17) is 9.47 Å². The van der Waals surface area contributed by atoms with Gasteiger partial charge in [0, 0.05) is 11.8 Å². The van der Waals surface area contributed by atoms with Crippen molar-refractivity contribution < 1.29 is 19.1 Å². The second-order valence-electron chi connectivity index (χ2n) is 8.43. The predicted octanol–water partition coefficient (Wildman–Crippen LogP) is 5.02. The van der Waals surface area contributed by atoms with Crippen molar-refractivity contribution in [1.82, 2.24) is 4.90 Å². The summed E-state index contributed by atoms with van der Waals surface area (Å²) in [5.74, 6) is 0.408. The largest absolute Gasteiger partial charge is 0.493 e. The maximum Gasteiger partial charge on any atom is 0.278 e. The van der Waals surface area contributed by atoms with Gasteiger partial charge < -0.3 is 14.8 Å². The molecule has 0 atom stereocenters. The number of methoxy groups -OCH3 is 2. The number of hydrogen-bond donors (Lipinski definition) is 1. The van der Waals surface area contributed by atoms with Crippen LogP contribution in [0.2, 0.25) is 0 Å². The molecule has 0 radical (unpaired) electrons. The van der Waals surface area contributed by atoms with Crippen LogP contribution >= 0.6 is 0 Å². The van der Waals surface area contributed by atoms with Gasteiger partial charge in [0.15, 0.2) is 11.5 Å². The molecule has 0 saturated carbocycles. The van der Waals surface area contributed by atoms with Gasteiger partial charge in [-0.3, -0.25) is 14.5 Å². The maximum absolute atomic E-state index is 13.6. The van der Waals surface area contributed by atoms with Crippen LogP contribution in [0.1, 0.15) is 27.8 Å². The van der Waals surface area contributed by atoms with Gasteiger partial charge in [0.1, 0.15) is 5.70 Å². The number of anilines is 1. The fourth-order valence-corrected chi connectivity index (χ4v) is 3.93. The van der Waals surface area contributed by atoms with E-state index in [0.717, 1.165) is 22.3 Å². The van der Waals surface area contributed by atoms with Crippen molar-refractivity contribution in [2.45, 2.75) is 27.3 Å². The molecule has 1 N–H and O–H groups in total. The molecule has 1 aliphatic rings. The number of carbonyl (C=O) groups is 2. The average Bonchev–Trinajstić information content (AvgIpc) is 3.06. The lowest BCUT2D eigenvalue weighted by Gasteiger charge is -2.16. The van der Waals surface area contributed by atoms with E-state index in [1.807, 2.05) is 63.2 Å². The summed E-state index contributed by atoms with van der Waals surface area (Å²) in [5, 5.41) is 3.19. The van der Waals surface area contributed by atoms with Gasteiger partial charge >= 0.3 is 0 Å². The molecule has 0 aliphatic carbocycles. The average molecular weight is 457 g/mol. The number of rotatable bonds is 7. The van der Waals surface area contributed by atoms with Crippen LogP contribution in [-0.4, -0.2) is 30.9 Å². The molecule has 0 saturated heterocycles. The van der Waals surface area contributed by atoms with Gasteiger partial charge in [-0.2, -0.15) is 0 Å². The van der Waals surface area contributed by atoms with Gasteiger partial charge in [-0.25, -0.2) is 0 Å². The van der Waals surface area contributed by atoms with Crippen molar-refractivity contribution in [3.8, 4) is 11.5 Å². The molecule has 3 aromatic rings. The SMILES string of the molecule is COc1ccc(NC2=C(c3ccc(C)c(C)c3)C(=O)N(Cc3ccc(C)cc3)C2=O)cc1OC. The van der Waals surface area contributed by atoms with E-state index in [1.54, 1.807) is 32.4 Å². The molecule has 6 heteroatoms. The van der Waals surface area contributed by atoms with E-state index >= 15 is 0 Å². The standard InChI is InChI=1S/C28H28N2O4/c1-17-6-9-20(10-7-17)16-30-27(31)25(21-11-8-18(2)19(3)14-21)26(28(30)32)29-22-12-13-23(33-4)24(15-22)34-5/h6-15,29H,16H2,1-5H3. The quantitative estimate of drug-likeness (QED) is 0.506. The fourth-order valence-electron chi connectivity index (χ4n) is 3.93. The van der Waals surface area contributed by atoms with Gasteiger partial charge in [0.05, 0.1) is 26.3 Å². The second-order valence-corrected chi connectivity index (χ2v) is 8.43. The Morgan fingerprint density at radius 1 is 0.765 bits per heavy atom. The molecule has 0 bridgehead atoms. The molecule has 34 heavy (non-hydrogen) atoms. The summed E-state index contributed by atoms with van der Waals surface area (Å²) >= 11 is 0. The molecular formula is C28H28N2O4. The number of ether oxygens (including phenoxy) is 2. The Morgan fingerprint density at radius 3 is 2.12 bits per heavy atom. The topological polar surface area (TPSA) is 67.9 Å². The number of nitrogens with zero attached hydrogens (tertiary/aromatic N) is 1. The van der Waals surface area contributed by atoms with Crippen LogP contribution in [0, 0.1) is 20.8 Å². The zero-order valence-corrected chi connectivity index (χ0v) is 20.1. The Bertz CT molecular complexity index is 1290. The van der Waals surface area contributed by atoms with Crippen molar-refractivity contribution >= 4 is 23.1 Å². The number of benzene rings is 3. The van der Waals surface area contributed by atoms with E-state index < -0.39 is 0 Å². The first kappa shape index (κ1) is 23.1. The highest BCUT2D eigenvalue weighted by atomic mass is 16.5. The van der Waals surface area contributed by atoms with Crippen LogP contribution in [0.3, 0.4) is 0 Å². The van der Waals surface area contributed by atoms with Crippen LogP contribution in [0.4, 0.5) is 5.69 Å². The van der Waals surface area contributed by atoms with E-state index in [1.165, 1.54) is 4.90 Å². The molecule has 6 nitrogen and oxygen atoms in total. The highest BCUT2D eigenvalue weighted by Crippen LogP contribution is 2.35. The van der Waals surface area contributed by atoms with Crippen molar-refractivity contribution in [3.63, 3.8) is 0 Å². The third kappa shape index (κ3) is 4.39. The van der Waals surface area contributed by atoms with Gasteiger partial charge in [-0.05, 0) is 55.2 Å². The number of nitrogens with one attached hydrogen (secondary N) is 1. The second kappa shape index (κ2) is 9.43. The molecule has 0 spiro atoms. The van der Waals surface area contributed by atoms with Crippen molar-refractivity contribution in [2.24, 2.45) is 0 Å². The zero-order valence-electron chi connectivity index (χ0n) is 20.1. The van der Waals surface area contributed by atoms with Gasteiger partial charge in [0.2, 0.25) is 0 Å².